The van der Waals surface area contributed by atoms with Crippen LogP contribution in [0.4, 0.5) is 5.69 Å². The lowest BCUT2D eigenvalue weighted by atomic mass is 9.98. The first-order valence-electron chi connectivity index (χ1n) is 6.00. The van der Waals surface area contributed by atoms with Crippen LogP contribution in [0.15, 0.2) is 24.4 Å². The number of rotatable bonds is 4. The number of hydrogen-bond donors (Lipinski definition) is 2. The summed E-state index contributed by atoms with van der Waals surface area (Å²) in [4.78, 5) is 3.17. The van der Waals surface area contributed by atoms with Crippen LogP contribution < -0.4 is 4.72 Å². The van der Waals surface area contributed by atoms with Gasteiger partial charge in [-0.15, -0.1) is 0 Å². The Morgan fingerprint density at radius 1 is 1.39 bits per heavy atom. The highest BCUT2D eigenvalue weighted by atomic mass is 32.2. The van der Waals surface area contributed by atoms with Crippen molar-refractivity contribution < 1.29 is 8.42 Å². The molecule has 98 valence electrons. The second kappa shape index (κ2) is 4.65. The fraction of sp³-hybridized carbons (Fsp3) is 0.385. The van der Waals surface area contributed by atoms with Gasteiger partial charge in [0.1, 0.15) is 0 Å². The zero-order valence-electron chi connectivity index (χ0n) is 10.8. The minimum atomic E-state index is -3.26. The number of benzene rings is 1. The van der Waals surface area contributed by atoms with E-state index in [2.05, 4.69) is 23.6 Å². The van der Waals surface area contributed by atoms with Crippen LogP contribution in [0.1, 0.15) is 31.7 Å². The Morgan fingerprint density at radius 2 is 2.11 bits per heavy atom. The second-order valence-electron chi connectivity index (χ2n) is 4.66. The van der Waals surface area contributed by atoms with Gasteiger partial charge in [0.15, 0.2) is 0 Å². The lowest BCUT2D eigenvalue weighted by molar-refractivity contribution is 0.607. The average Bonchev–Trinajstić information content (AvgIpc) is 2.71. The molecule has 0 bridgehead atoms. The van der Waals surface area contributed by atoms with E-state index >= 15 is 0 Å². The molecule has 1 aromatic carbocycles. The average molecular weight is 266 g/mol. The van der Waals surface area contributed by atoms with Crippen molar-refractivity contribution in [2.24, 2.45) is 0 Å². The number of sulfonamides is 1. The van der Waals surface area contributed by atoms with Gasteiger partial charge in [-0.3, -0.25) is 4.72 Å². The number of aromatic amines is 1. The first kappa shape index (κ1) is 13.0. The molecule has 1 atom stereocenters. The molecule has 4 nitrogen and oxygen atoms in total. The molecule has 0 saturated heterocycles. The molecule has 2 N–H and O–H groups in total. The van der Waals surface area contributed by atoms with Gasteiger partial charge >= 0.3 is 0 Å². The van der Waals surface area contributed by atoms with Crippen molar-refractivity contribution in [1.29, 1.82) is 0 Å². The number of H-pyrrole nitrogens is 1. The SMILES string of the molecule is CCC(C)c1c[nH]c2c(NS(C)(=O)=O)cccc12. The summed E-state index contributed by atoms with van der Waals surface area (Å²) in [6.07, 6.45) is 4.17. The lowest BCUT2D eigenvalue weighted by Crippen LogP contribution is -2.09. The van der Waals surface area contributed by atoms with Crippen molar-refractivity contribution in [2.75, 3.05) is 11.0 Å². The monoisotopic (exact) mass is 266 g/mol. The van der Waals surface area contributed by atoms with Gasteiger partial charge in [-0.1, -0.05) is 26.0 Å². The maximum Gasteiger partial charge on any atom is 0.229 e. The number of fused-ring (bicyclic) bond motifs is 1. The zero-order valence-corrected chi connectivity index (χ0v) is 11.6. The summed E-state index contributed by atoms with van der Waals surface area (Å²) >= 11 is 0. The summed E-state index contributed by atoms with van der Waals surface area (Å²) in [6.45, 7) is 4.31. The quantitative estimate of drug-likeness (QED) is 0.893. The summed E-state index contributed by atoms with van der Waals surface area (Å²) in [5.41, 5.74) is 2.67. The summed E-state index contributed by atoms with van der Waals surface area (Å²) in [5.74, 6) is 0.451. The van der Waals surface area contributed by atoms with Gasteiger partial charge in [0.05, 0.1) is 17.5 Å². The minimum absolute atomic E-state index is 0.451. The van der Waals surface area contributed by atoms with Gasteiger partial charge in [-0.25, -0.2) is 8.42 Å². The van der Waals surface area contributed by atoms with E-state index in [0.717, 1.165) is 23.6 Å². The third-order valence-corrected chi connectivity index (χ3v) is 3.78. The third kappa shape index (κ3) is 2.51. The zero-order chi connectivity index (χ0) is 13.3. The largest absolute Gasteiger partial charge is 0.359 e. The molecule has 0 saturated carbocycles. The normalized spacial score (nSPS) is 13.7. The van der Waals surface area contributed by atoms with E-state index in [9.17, 15) is 8.42 Å². The highest BCUT2D eigenvalue weighted by Crippen LogP contribution is 2.31. The Kier molecular flexibility index (Phi) is 3.34. The van der Waals surface area contributed by atoms with Crippen LogP contribution in [0.2, 0.25) is 0 Å². The van der Waals surface area contributed by atoms with Crippen molar-refractivity contribution in [3.8, 4) is 0 Å². The molecule has 0 aliphatic carbocycles. The van der Waals surface area contributed by atoms with E-state index in [1.165, 1.54) is 5.56 Å². The first-order valence-corrected chi connectivity index (χ1v) is 7.89. The summed E-state index contributed by atoms with van der Waals surface area (Å²) in [6, 6.07) is 5.65. The van der Waals surface area contributed by atoms with Crippen molar-refractivity contribution in [1.82, 2.24) is 4.98 Å². The second-order valence-corrected chi connectivity index (χ2v) is 6.40. The van der Waals surface area contributed by atoms with Crippen LogP contribution in [0.3, 0.4) is 0 Å². The molecule has 18 heavy (non-hydrogen) atoms. The van der Waals surface area contributed by atoms with E-state index in [1.54, 1.807) is 6.07 Å². The van der Waals surface area contributed by atoms with Crippen molar-refractivity contribution in [3.05, 3.63) is 30.0 Å². The summed E-state index contributed by atoms with van der Waals surface area (Å²) < 4.78 is 25.2. The van der Waals surface area contributed by atoms with Gasteiger partial charge in [-0.2, -0.15) is 0 Å². The fourth-order valence-electron chi connectivity index (χ4n) is 2.09. The van der Waals surface area contributed by atoms with Crippen LogP contribution in [0.5, 0.6) is 0 Å². The van der Waals surface area contributed by atoms with E-state index in [0.29, 0.717) is 11.6 Å². The minimum Gasteiger partial charge on any atom is -0.359 e. The van der Waals surface area contributed by atoms with Crippen molar-refractivity contribution >= 4 is 26.6 Å². The summed E-state index contributed by atoms with van der Waals surface area (Å²) in [5, 5.41) is 1.08. The summed E-state index contributed by atoms with van der Waals surface area (Å²) in [7, 11) is -3.26. The van der Waals surface area contributed by atoms with Gasteiger partial charge in [0.2, 0.25) is 10.0 Å². The number of aromatic nitrogens is 1. The fourth-order valence-corrected chi connectivity index (χ4v) is 2.66. The molecule has 5 heteroatoms. The molecule has 0 amide bonds. The Labute approximate surface area is 107 Å². The molecule has 1 aromatic heterocycles. The Morgan fingerprint density at radius 3 is 2.72 bits per heavy atom. The van der Waals surface area contributed by atoms with Crippen LogP contribution >= 0.6 is 0 Å². The van der Waals surface area contributed by atoms with E-state index in [4.69, 9.17) is 0 Å². The van der Waals surface area contributed by atoms with Gasteiger partial charge in [0, 0.05) is 11.6 Å². The third-order valence-electron chi connectivity index (χ3n) is 3.19. The topological polar surface area (TPSA) is 62.0 Å². The molecule has 1 unspecified atom stereocenters. The maximum absolute atomic E-state index is 11.3. The molecule has 0 aliphatic heterocycles. The van der Waals surface area contributed by atoms with Crippen molar-refractivity contribution in [2.45, 2.75) is 26.2 Å². The Bertz CT molecular complexity index is 659. The number of nitrogens with one attached hydrogen (secondary N) is 2. The van der Waals surface area contributed by atoms with E-state index in [1.807, 2.05) is 18.3 Å². The molecule has 2 rings (SSSR count). The number of para-hydroxylation sites is 1. The number of anilines is 1. The van der Waals surface area contributed by atoms with Crippen molar-refractivity contribution in [3.63, 3.8) is 0 Å². The van der Waals surface area contributed by atoms with Crippen LogP contribution in [-0.4, -0.2) is 19.7 Å². The number of hydrogen-bond acceptors (Lipinski definition) is 2. The lowest BCUT2D eigenvalue weighted by Gasteiger charge is -2.08. The molecular weight excluding hydrogens is 248 g/mol. The molecular formula is C13H18N2O2S. The van der Waals surface area contributed by atoms with E-state index in [-0.39, 0.29) is 0 Å². The highest BCUT2D eigenvalue weighted by Gasteiger charge is 2.13. The highest BCUT2D eigenvalue weighted by molar-refractivity contribution is 7.92. The Balaban J connectivity index is 2.55. The van der Waals surface area contributed by atoms with Crippen LogP contribution in [0.25, 0.3) is 10.9 Å². The van der Waals surface area contributed by atoms with Crippen LogP contribution in [0, 0.1) is 0 Å². The molecule has 1 heterocycles. The molecule has 0 fully saturated rings. The Hall–Kier alpha value is -1.49. The molecule has 0 aliphatic rings. The molecule has 0 spiro atoms. The van der Waals surface area contributed by atoms with E-state index < -0.39 is 10.0 Å². The van der Waals surface area contributed by atoms with Crippen LogP contribution in [-0.2, 0) is 10.0 Å². The first-order chi connectivity index (χ1) is 8.42. The predicted molar refractivity (Wildman–Crippen MR) is 75.5 cm³/mol. The predicted octanol–water partition coefficient (Wildman–Crippen LogP) is 3.05. The molecule has 2 aromatic rings. The van der Waals surface area contributed by atoms with Gasteiger partial charge in [0.25, 0.3) is 0 Å². The standard InChI is InChI=1S/C13H18N2O2S/c1-4-9(2)11-8-14-13-10(11)6-5-7-12(13)15-18(3,16)17/h5-9,14-15H,4H2,1-3H3. The van der Waals surface area contributed by atoms with Gasteiger partial charge < -0.3 is 4.98 Å². The maximum atomic E-state index is 11.3. The molecule has 0 radical (unpaired) electrons. The smallest absolute Gasteiger partial charge is 0.229 e. The van der Waals surface area contributed by atoms with Gasteiger partial charge in [-0.05, 0) is 24.0 Å².